The number of amides is 1. The van der Waals surface area contributed by atoms with Gasteiger partial charge in [0.25, 0.3) is 0 Å². The molecule has 2 aromatic rings. The van der Waals surface area contributed by atoms with E-state index in [1.54, 1.807) is 0 Å². The molecule has 1 amide bonds. The first-order valence-corrected chi connectivity index (χ1v) is 6.59. The summed E-state index contributed by atoms with van der Waals surface area (Å²) in [6.45, 7) is 2.54. The van der Waals surface area contributed by atoms with Crippen LogP contribution in [-0.2, 0) is 11.3 Å². The van der Waals surface area contributed by atoms with E-state index in [1.807, 2.05) is 48.0 Å². The molecule has 104 valence electrons. The van der Waals surface area contributed by atoms with Crippen LogP contribution < -0.4 is 16.1 Å². The highest BCUT2D eigenvalue weighted by molar-refractivity contribution is 5.73. The Hall–Kier alpha value is -2.43. The Morgan fingerprint density at radius 3 is 2.65 bits per heavy atom. The number of rotatable bonds is 5. The third-order valence-electron chi connectivity index (χ3n) is 3.13. The maximum atomic E-state index is 10.8. The number of nitrogen functional groups attached to an aromatic ring is 1. The molecule has 5 heteroatoms. The lowest BCUT2D eigenvalue weighted by Gasteiger charge is -2.05. The SMILES string of the molecule is Cc1cc(-c2ccccc2)[n+](CCCC(N)=O)nc1N. The second-order valence-electron chi connectivity index (χ2n) is 4.76. The van der Waals surface area contributed by atoms with Crippen molar-refractivity contribution in [1.29, 1.82) is 0 Å². The van der Waals surface area contributed by atoms with Crippen LogP contribution in [-0.4, -0.2) is 11.0 Å². The van der Waals surface area contributed by atoms with E-state index < -0.39 is 0 Å². The molecule has 0 aliphatic heterocycles. The van der Waals surface area contributed by atoms with Crippen LogP contribution in [0.25, 0.3) is 11.3 Å². The van der Waals surface area contributed by atoms with Crippen molar-refractivity contribution in [2.75, 3.05) is 5.73 Å². The van der Waals surface area contributed by atoms with E-state index in [-0.39, 0.29) is 5.91 Å². The van der Waals surface area contributed by atoms with Crippen molar-refractivity contribution in [3.63, 3.8) is 0 Å². The van der Waals surface area contributed by atoms with Crippen LogP contribution in [0.3, 0.4) is 0 Å². The minimum absolute atomic E-state index is 0.299. The van der Waals surface area contributed by atoms with Crippen molar-refractivity contribution in [3.8, 4) is 11.3 Å². The van der Waals surface area contributed by atoms with Crippen molar-refractivity contribution < 1.29 is 9.48 Å². The maximum Gasteiger partial charge on any atom is 0.239 e. The fraction of sp³-hybridized carbons (Fsp3) is 0.267. The van der Waals surface area contributed by atoms with Crippen LogP contribution in [0.4, 0.5) is 5.82 Å². The van der Waals surface area contributed by atoms with Crippen LogP contribution in [0.1, 0.15) is 18.4 Å². The third-order valence-corrected chi connectivity index (χ3v) is 3.13. The van der Waals surface area contributed by atoms with Gasteiger partial charge in [-0.05, 0) is 19.1 Å². The second-order valence-corrected chi connectivity index (χ2v) is 4.76. The number of hydrogen-bond donors (Lipinski definition) is 2. The molecule has 0 bridgehead atoms. The van der Waals surface area contributed by atoms with Crippen LogP contribution in [0.15, 0.2) is 36.4 Å². The molecular formula is C15H19N4O+. The number of carbonyl (C=O) groups excluding carboxylic acids is 1. The quantitative estimate of drug-likeness (QED) is 0.801. The van der Waals surface area contributed by atoms with Gasteiger partial charge >= 0.3 is 0 Å². The molecule has 0 saturated carbocycles. The van der Waals surface area contributed by atoms with Crippen molar-refractivity contribution in [3.05, 3.63) is 42.0 Å². The molecule has 2 rings (SSSR count). The summed E-state index contributed by atoms with van der Waals surface area (Å²) in [6.07, 6.45) is 0.992. The van der Waals surface area contributed by atoms with Gasteiger partial charge in [0, 0.05) is 35.1 Å². The largest absolute Gasteiger partial charge is 0.379 e. The van der Waals surface area contributed by atoms with E-state index in [2.05, 4.69) is 5.10 Å². The molecule has 1 aromatic carbocycles. The van der Waals surface area contributed by atoms with Gasteiger partial charge in [-0.15, -0.1) is 0 Å². The first kappa shape index (κ1) is 14.0. The average Bonchev–Trinajstić information content (AvgIpc) is 2.43. The Balaban J connectivity index is 2.34. The van der Waals surface area contributed by atoms with Crippen LogP contribution in [0.5, 0.6) is 0 Å². The predicted octanol–water partition coefficient (Wildman–Crippen LogP) is 1.19. The third kappa shape index (κ3) is 3.32. The molecule has 0 unspecified atom stereocenters. The van der Waals surface area contributed by atoms with Gasteiger partial charge in [-0.2, -0.15) is 0 Å². The molecule has 4 N–H and O–H groups in total. The summed E-state index contributed by atoms with van der Waals surface area (Å²) in [6, 6.07) is 12.0. The molecule has 0 saturated heterocycles. The van der Waals surface area contributed by atoms with Crippen molar-refractivity contribution >= 4 is 11.7 Å². The fourth-order valence-corrected chi connectivity index (χ4v) is 2.03. The highest BCUT2D eigenvalue weighted by Gasteiger charge is 2.17. The zero-order valence-electron chi connectivity index (χ0n) is 11.5. The Morgan fingerprint density at radius 2 is 2.00 bits per heavy atom. The highest BCUT2D eigenvalue weighted by Crippen LogP contribution is 2.17. The zero-order valence-corrected chi connectivity index (χ0v) is 11.5. The first-order chi connectivity index (χ1) is 9.58. The van der Waals surface area contributed by atoms with E-state index in [9.17, 15) is 4.79 Å². The average molecular weight is 271 g/mol. The first-order valence-electron chi connectivity index (χ1n) is 6.59. The highest BCUT2D eigenvalue weighted by atomic mass is 16.1. The summed E-state index contributed by atoms with van der Waals surface area (Å²) >= 11 is 0. The van der Waals surface area contributed by atoms with E-state index in [0.717, 1.165) is 16.8 Å². The number of benzene rings is 1. The Kier molecular flexibility index (Phi) is 4.30. The molecule has 0 spiro atoms. The normalized spacial score (nSPS) is 10.4. The molecule has 1 aromatic heterocycles. The topological polar surface area (TPSA) is 85.9 Å². The van der Waals surface area contributed by atoms with Crippen LogP contribution in [0, 0.1) is 6.92 Å². The molecule has 0 aliphatic rings. The Labute approximate surface area is 118 Å². The number of anilines is 1. The van der Waals surface area contributed by atoms with Gasteiger partial charge in [0.15, 0.2) is 12.4 Å². The minimum Gasteiger partial charge on any atom is -0.379 e. The molecule has 20 heavy (non-hydrogen) atoms. The van der Waals surface area contributed by atoms with Crippen LogP contribution >= 0.6 is 0 Å². The van der Waals surface area contributed by atoms with Crippen LogP contribution in [0.2, 0.25) is 0 Å². The molecule has 0 fully saturated rings. The molecule has 0 radical (unpaired) electrons. The van der Waals surface area contributed by atoms with Crippen molar-refractivity contribution in [2.45, 2.75) is 26.3 Å². The van der Waals surface area contributed by atoms with E-state index >= 15 is 0 Å². The number of carbonyl (C=O) groups is 1. The number of hydrogen-bond acceptors (Lipinski definition) is 3. The summed E-state index contributed by atoms with van der Waals surface area (Å²) in [4.78, 5) is 10.8. The Bertz CT molecular complexity index is 611. The van der Waals surface area contributed by atoms with E-state index in [0.29, 0.717) is 25.2 Å². The monoisotopic (exact) mass is 271 g/mol. The van der Waals surface area contributed by atoms with Gasteiger partial charge < -0.3 is 11.5 Å². The molecule has 0 aliphatic carbocycles. The summed E-state index contributed by atoms with van der Waals surface area (Å²) < 4.78 is 1.83. The predicted molar refractivity (Wildman–Crippen MR) is 77.4 cm³/mol. The lowest BCUT2D eigenvalue weighted by atomic mass is 10.1. The summed E-state index contributed by atoms with van der Waals surface area (Å²) in [5.41, 5.74) is 14.0. The summed E-state index contributed by atoms with van der Waals surface area (Å²) in [5, 5.41) is 4.39. The zero-order chi connectivity index (χ0) is 14.5. The van der Waals surface area contributed by atoms with Gasteiger partial charge in [-0.1, -0.05) is 22.9 Å². The number of nitrogens with two attached hydrogens (primary N) is 2. The fourth-order valence-electron chi connectivity index (χ4n) is 2.03. The maximum absolute atomic E-state index is 10.8. The van der Waals surface area contributed by atoms with Crippen molar-refractivity contribution in [2.24, 2.45) is 5.73 Å². The van der Waals surface area contributed by atoms with Gasteiger partial charge in [-0.25, -0.2) is 0 Å². The van der Waals surface area contributed by atoms with E-state index in [4.69, 9.17) is 11.5 Å². The Morgan fingerprint density at radius 1 is 1.30 bits per heavy atom. The minimum atomic E-state index is -0.299. The smallest absolute Gasteiger partial charge is 0.239 e. The van der Waals surface area contributed by atoms with Gasteiger partial charge in [0.2, 0.25) is 11.6 Å². The summed E-state index contributed by atoms with van der Waals surface area (Å²) in [5.74, 6) is 0.204. The summed E-state index contributed by atoms with van der Waals surface area (Å²) in [7, 11) is 0. The van der Waals surface area contributed by atoms with E-state index in [1.165, 1.54) is 0 Å². The second kappa shape index (κ2) is 6.14. The lowest BCUT2D eigenvalue weighted by molar-refractivity contribution is -0.742. The number of aromatic nitrogens is 2. The number of primary amides is 1. The van der Waals surface area contributed by atoms with Crippen molar-refractivity contribution in [1.82, 2.24) is 5.10 Å². The van der Waals surface area contributed by atoms with Gasteiger partial charge in [0.05, 0.1) is 0 Å². The molecule has 0 atom stereocenters. The standard InChI is InChI=1S/C15H18N4O/c1-11-10-13(12-6-3-2-4-7-12)19(18-15(11)17)9-5-8-14(16)20/h2-4,6-7,10H,5,8-9H2,1H3,(H3-,16,17,18,20)/p+1. The molecule has 1 heterocycles. The number of nitrogens with zero attached hydrogens (tertiary/aromatic N) is 2. The van der Waals surface area contributed by atoms with Gasteiger partial charge in [0.1, 0.15) is 0 Å². The molecule has 5 nitrogen and oxygen atoms in total. The lowest BCUT2D eigenvalue weighted by Crippen LogP contribution is -2.41. The number of aryl methyl sites for hydroxylation is 2. The van der Waals surface area contributed by atoms with Gasteiger partial charge in [-0.3, -0.25) is 4.79 Å². The molecular weight excluding hydrogens is 252 g/mol.